The first-order valence-corrected chi connectivity index (χ1v) is 8.17. The van der Waals surface area contributed by atoms with Crippen LogP contribution in [-0.2, 0) is 26.0 Å². The van der Waals surface area contributed by atoms with Crippen LogP contribution in [0.15, 0.2) is 18.2 Å². The van der Waals surface area contributed by atoms with Gasteiger partial charge in [-0.15, -0.1) is 0 Å². The van der Waals surface area contributed by atoms with Gasteiger partial charge in [0.2, 0.25) is 15.9 Å². The second-order valence-corrected chi connectivity index (χ2v) is 7.02. The number of hydrogen-bond donors (Lipinski definition) is 2. The summed E-state index contributed by atoms with van der Waals surface area (Å²) < 4.78 is 37.9. The second kappa shape index (κ2) is 6.41. The van der Waals surface area contributed by atoms with Crippen LogP contribution in [0, 0.1) is 5.82 Å². The fourth-order valence-corrected chi connectivity index (χ4v) is 3.63. The number of nitrogens with zero attached hydrogens (tertiary/aromatic N) is 1. The topological polar surface area (TPSA) is 104 Å². The summed E-state index contributed by atoms with van der Waals surface area (Å²) in [5.74, 6) is -2.45. The van der Waals surface area contributed by atoms with E-state index in [2.05, 4.69) is 5.32 Å². The maximum atomic E-state index is 13.7. The molecular formula is C13H15FN2O5S. The summed E-state index contributed by atoms with van der Waals surface area (Å²) in [4.78, 5) is 22.3. The zero-order valence-corrected chi connectivity index (χ0v) is 12.4. The molecule has 120 valence electrons. The van der Waals surface area contributed by atoms with E-state index in [0.29, 0.717) is 13.0 Å². The molecule has 22 heavy (non-hydrogen) atoms. The highest BCUT2D eigenvalue weighted by Gasteiger charge is 2.29. The summed E-state index contributed by atoms with van der Waals surface area (Å²) in [6, 6.07) is 3.65. The smallest absolute Gasteiger partial charge is 0.307 e. The van der Waals surface area contributed by atoms with E-state index < -0.39 is 34.1 Å². The molecule has 1 saturated heterocycles. The minimum absolute atomic E-state index is 0.00706. The molecule has 1 amide bonds. The highest BCUT2D eigenvalue weighted by atomic mass is 32.2. The number of nitrogens with one attached hydrogen (secondary N) is 1. The van der Waals surface area contributed by atoms with Gasteiger partial charge in [-0.1, -0.05) is 6.07 Å². The third kappa shape index (κ3) is 4.01. The number of anilines is 1. The van der Waals surface area contributed by atoms with E-state index in [-0.39, 0.29) is 23.5 Å². The molecule has 7 nitrogen and oxygen atoms in total. The molecule has 9 heteroatoms. The number of sulfonamides is 1. The number of aliphatic carboxylic acids is 1. The van der Waals surface area contributed by atoms with Crippen molar-refractivity contribution >= 4 is 27.6 Å². The lowest BCUT2D eigenvalue weighted by atomic mass is 10.1. The molecule has 0 saturated carbocycles. The van der Waals surface area contributed by atoms with Crippen molar-refractivity contribution in [2.45, 2.75) is 12.8 Å². The molecule has 1 aromatic carbocycles. The molecule has 1 aromatic rings. The van der Waals surface area contributed by atoms with Gasteiger partial charge in [0.05, 0.1) is 18.7 Å². The Morgan fingerprint density at radius 2 is 2.09 bits per heavy atom. The van der Waals surface area contributed by atoms with Crippen LogP contribution in [0.25, 0.3) is 0 Å². The zero-order valence-electron chi connectivity index (χ0n) is 11.6. The van der Waals surface area contributed by atoms with E-state index >= 15 is 0 Å². The van der Waals surface area contributed by atoms with Gasteiger partial charge < -0.3 is 10.4 Å². The molecule has 0 spiro atoms. The predicted molar refractivity (Wildman–Crippen MR) is 76.3 cm³/mol. The number of rotatable bonds is 5. The second-order valence-electron chi connectivity index (χ2n) is 4.93. The van der Waals surface area contributed by atoms with Gasteiger partial charge in [0.1, 0.15) is 5.82 Å². The molecule has 2 N–H and O–H groups in total. The van der Waals surface area contributed by atoms with Gasteiger partial charge in [-0.25, -0.2) is 12.8 Å². The first kappa shape index (κ1) is 16.4. The Kier molecular flexibility index (Phi) is 4.77. The average molecular weight is 330 g/mol. The Balaban J connectivity index is 2.00. The van der Waals surface area contributed by atoms with Crippen molar-refractivity contribution in [2.75, 3.05) is 24.2 Å². The Morgan fingerprint density at radius 3 is 2.64 bits per heavy atom. The van der Waals surface area contributed by atoms with Crippen LogP contribution in [0.1, 0.15) is 12.0 Å². The monoisotopic (exact) mass is 330 g/mol. The van der Waals surface area contributed by atoms with Crippen LogP contribution >= 0.6 is 0 Å². The average Bonchev–Trinajstić information content (AvgIpc) is 2.71. The van der Waals surface area contributed by atoms with Crippen LogP contribution < -0.4 is 5.32 Å². The maximum absolute atomic E-state index is 13.7. The number of carbonyl (C=O) groups is 2. The maximum Gasteiger partial charge on any atom is 0.307 e. The van der Waals surface area contributed by atoms with E-state index in [1.807, 2.05) is 0 Å². The van der Waals surface area contributed by atoms with Crippen molar-refractivity contribution in [2.24, 2.45) is 0 Å². The van der Waals surface area contributed by atoms with Gasteiger partial charge in [0.15, 0.2) is 0 Å². The molecule has 1 heterocycles. The predicted octanol–water partition coefficient (Wildman–Crippen LogP) is 0.427. The standard InChI is InChI=1S/C13H15FN2O5S/c14-11-7-10(3-2-9(11)6-13(18)19)15-12(17)8-16-4-1-5-22(16,20)21/h2-3,7H,1,4-6,8H2,(H,15,17)(H,18,19). The van der Waals surface area contributed by atoms with Crippen molar-refractivity contribution in [1.82, 2.24) is 4.31 Å². The van der Waals surface area contributed by atoms with Gasteiger partial charge in [-0.2, -0.15) is 4.31 Å². The van der Waals surface area contributed by atoms with Crippen LogP contribution in [0.2, 0.25) is 0 Å². The molecule has 0 aliphatic carbocycles. The summed E-state index contributed by atoms with van der Waals surface area (Å²) in [5, 5.41) is 11.0. The number of carboxylic acids is 1. The number of amides is 1. The lowest BCUT2D eigenvalue weighted by molar-refractivity contribution is -0.136. The van der Waals surface area contributed by atoms with Crippen molar-refractivity contribution < 1.29 is 27.5 Å². The minimum atomic E-state index is -3.37. The molecular weight excluding hydrogens is 315 g/mol. The first-order valence-electron chi connectivity index (χ1n) is 6.56. The Bertz CT molecular complexity index is 704. The van der Waals surface area contributed by atoms with Gasteiger partial charge in [-0.05, 0) is 24.1 Å². The normalized spacial score (nSPS) is 17.3. The van der Waals surface area contributed by atoms with E-state index in [1.54, 1.807) is 0 Å². The highest BCUT2D eigenvalue weighted by molar-refractivity contribution is 7.89. The molecule has 0 atom stereocenters. The summed E-state index contributed by atoms with van der Waals surface area (Å²) >= 11 is 0. The fraction of sp³-hybridized carbons (Fsp3) is 0.385. The van der Waals surface area contributed by atoms with E-state index in [0.717, 1.165) is 10.4 Å². The lowest BCUT2D eigenvalue weighted by Gasteiger charge is -2.14. The van der Waals surface area contributed by atoms with Crippen molar-refractivity contribution in [3.8, 4) is 0 Å². The molecule has 0 bridgehead atoms. The Hall–Kier alpha value is -2.00. The fourth-order valence-electron chi connectivity index (χ4n) is 2.16. The molecule has 0 radical (unpaired) electrons. The van der Waals surface area contributed by atoms with Crippen molar-refractivity contribution in [3.63, 3.8) is 0 Å². The zero-order chi connectivity index (χ0) is 16.3. The quantitative estimate of drug-likeness (QED) is 0.815. The molecule has 1 aliphatic heterocycles. The molecule has 0 unspecified atom stereocenters. The number of hydrogen-bond acceptors (Lipinski definition) is 4. The number of carboxylic acid groups (broad SMARTS) is 1. The van der Waals surface area contributed by atoms with Gasteiger partial charge in [0, 0.05) is 12.2 Å². The van der Waals surface area contributed by atoms with Crippen LogP contribution in [0.5, 0.6) is 0 Å². The van der Waals surface area contributed by atoms with Crippen LogP contribution in [-0.4, -0.2) is 48.5 Å². The van der Waals surface area contributed by atoms with E-state index in [9.17, 15) is 22.4 Å². The van der Waals surface area contributed by atoms with Gasteiger partial charge in [0.25, 0.3) is 0 Å². The first-order chi connectivity index (χ1) is 10.3. The third-order valence-electron chi connectivity index (χ3n) is 3.20. The molecule has 1 fully saturated rings. The summed E-state index contributed by atoms with van der Waals surface area (Å²) in [6.07, 6.45) is 0.0280. The largest absolute Gasteiger partial charge is 0.481 e. The SMILES string of the molecule is O=C(O)Cc1ccc(NC(=O)CN2CCCS2(=O)=O)cc1F. The van der Waals surface area contributed by atoms with Crippen molar-refractivity contribution in [3.05, 3.63) is 29.6 Å². The number of carbonyl (C=O) groups excluding carboxylic acids is 1. The molecule has 1 aliphatic rings. The minimum Gasteiger partial charge on any atom is -0.481 e. The number of benzene rings is 1. The number of halogens is 1. The molecule has 2 rings (SSSR count). The van der Waals surface area contributed by atoms with Gasteiger partial charge in [-0.3, -0.25) is 9.59 Å². The van der Waals surface area contributed by atoms with Crippen LogP contribution in [0.4, 0.5) is 10.1 Å². The summed E-state index contributed by atoms with van der Waals surface area (Å²) in [7, 11) is -3.37. The summed E-state index contributed by atoms with van der Waals surface area (Å²) in [6.45, 7) is -0.0253. The Labute approximate surface area is 126 Å². The van der Waals surface area contributed by atoms with Gasteiger partial charge >= 0.3 is 5.97 Å². The third-order valence-corrected chi connectivity index (χ3v) is 5.10. The lowest BCUT2D eigenvalue weighted by Crippen LogP contribution is -2.34. The molecule has 0 aromatic heterocycles. The van der Waals surface area contributed by atoms with Crippen molar-refractivity contribution in [1.29, 1.82) is 0 Å². The van der Waals surface area contributed by atoms with E-state index in [4.69, 9.17) is 5.11 Å². The Morgan fingerprint density at radius 1 is 1.36 bits per heavy atom. The van der Waals surface area contributed by atoms with Crippen LogP contribution in [0.3, 0.4) is 0 Å². The highest BCUT2D eigenvalue weighted by Crippen LogP contribution is 2.16. The van der Waals surface area contributed by atoms with E-state index in [1.165, 1.54) is 12.1 Å². The summed E-state index contributed by atoms with van der Waals surface area (Å²) in [5.41, 5.74) is 0.154.